The zero-order chi connectivity index (χ0) is 17.4. The van der Waals surface area contributed by atoms with Crippen molar-refractivity contribution in [2.45, 2.75) is 19.4 Å². The summed E-state index contributed by atoms with van der Waals surface area (Å²) in [6.45, 7) is 3.10. The molecule has 1 heterocycles. The molecule has 1 N–H and O–H groups in total. The normalized spacial score (nSPS) is 14.1. The van der Waals surface area contributed by atoms with Crippen molar-refractivity contribution in [1.29, 1.82) is 0 Å². The topological polar surface area (TPSA) is 61.9 Å². The molecule has 2 rings (SSSR count). The van der Waals surface area contributed by atoms with Crippen LogP contribution < -0.4 is 5.32 Å². The second-order valence-electron chi connectivity index (χ2n) is 5.72. The number of carbonyl (C=O) groups excluding carboxylic acids is 2. The SMILES string of the molecule is COCCN(Cc1ccccc1Cl)C(=O)NCCN1CCCC1=O. The first-order chi connectivity index (χ1) is 11.6. The van der Waals surface area contributed by atoms with Gasteiger partial charge >= 0.3 is 6.03 Å². The summed E-state index contributed by atoms with van der Waals surface area (Å²) >= 11 is 6.18. The molecule has 1 aromatic carbocycles. The van der Waals surface area contributed by atoms with E-state index in [0.717, 1.165) is 18.5 Å². The highest BCUT2D eigenvalue weighted by Gasteiger charge is 2.20. The van der Waals surface area contributed by atoms with Crippen LogP contribution in [0.25, 0.3) is 0 Å². The number of amides is 3. The molecule has 1 saturated heterocycles. The molecule has 132 valence electrons. The van der Waals surface area contributed by atoms with Crippen LogP contribution in [0.5, 0.6) is 0 Å². The summed E-state index contributed by atoms with van der Waals surface area (Å²) in [5, 5.41) is 3.51. The Kier molecular flexibility index (Phi) is 7.34. The van der Waals surface area contributed by atoms with Crippen LogP contribution >= 0.6 is 11.6 Å². The molecule has 24 heavy (non-hydrogen) atoms. The van der Waals surface area contributed by atoms with Crippen LogP contribution in [0.3, 0.4) is 0 Å². The van der Waals surface area contributed by atoms with Crippen LogP contribution in [0.4, 0.5) is 4.79 Å². The lowest BCUT2D eigenvalue weighted by atomic mass is 10.2. The Balaban J connectivity index is 1.87. The lowest BCUT2D eigenvalue weighted by Crippen LogP contribution is -2.44. The van der Waals surface area contributed by atoms with Crippen molar-refractivity contribution in [3.8, 4) is 0 Å². The maximum atomic E-state index is 12.4. The van der Waals surface area contributed by atoms with E-state index < -0.39 is 0 Å². The maximum Gasteiger partial charge on any atom is 0.317 e. The number of nitrogens with one attached hydrogen (secondary N) is 1. The molecular formula is C17H24ClN3O3. The van der Waals surface area contributed by atoms with Crippen molar-refractivity contribution < 1.29 is 14.3 Å². The minimum atomic E-state index is -0.182. The number of carbonyl (C=O) groups is 2. The lowest BCUT2D eigenvalue weighted by molar-refractivity contribution is -0.127. The minimum absolute atomic E-state index is 0.163. The van der Waals surface area contributed by atoms with Gasteiger partial charge in [-0.3, -0.25) is 4.79 Å². The van der Waals surface area contributed by atoms with Crippen molar-refractivity contribution >= 4 is 23.5 Å². The lowest BCUT2D eigenvalue weighted by Gasteiger charge is -2.24. The third-order valence-corrected chi connectivity index (χ3v) is 4.37. The zero-order valence-corrected chi connectivity index (χ0v) is 14.7. The average molecular weight is 354 g/mol. The van der Waals surface area contributed by atoms with E-state index in [0.29, 0.717) is 44.2 Å². The Morgan fingerprint density at radius 1 is 1.42 bits per heavy atom. The Morgan fingerprint density at radius 3 is 2.88 bits per heavy atom. The first-order valence-corrected chi connectivity index (χ1v) is 8.52. The van der Waals surface area contributed by atoms with E-state index in [4.69, 9.17) is 16.3 Å². The number of rotatable bonds is 8. The number of hydrogen-bond acceptors (Lipinski definition) is 3. The summed E-state index contributed by atoms with van der Waals surface area (Å²) in [6.07, 6.45) is 1.51. The molecule has 6 nitrogen and oxygen atoms in total. The first kappa shape index (κ1) is 18.5. The summed E-state index contributed by atoms with van der Waals surface area (Å²) < 4.78 is 5.08. The summed E-state index contributed by atoms with van der Waals surface area (Å²) in [7, 11) is 1.60. The van der Waals surface area contributed by atoms with Gasteiger partial charge in [0.15, 0.2) is 0 Å². The van der Waals surface area contributed by atoms with Gasteiger partial charge in [-0.15, -0.1) is 0 Å². The molecule has 1 aliphatic rings. The predicted molar refractivity (Wildman–Crippen MR) is 93.0 cm³/mol. The van der Waals surface area contributed by atoms with Crippen molar-refractivity contribution in [3.63, 3.8) is 0 Å². The Morgan fingerprint density at radius 2 is 2.21 bits per heavy atom. The molecule has 1 aromatic rings. The highest BCUT2D eigenvalue weighted by Crippen LogP contribution is 2.17. The third-order valence-electron chi connectivity index (χ3n) is 4.00. The molecule has 0 saturated carbocycles. The second kappa shape index (κ2) is 9.49. The standard InChI is InChI=1S/C17H24ClN3O3/c1-24-12-11-21(13-14-5-2-3-6-15(14)18)17(23)19-8-10-20-9-4-7-16(20)22/h2-3,5-6H,4,7-13H2,1H3,(H,19,23). The van der Waals surface area contributed by atoms with E-state index in [-0.39, 0.29) is 11.9 Å². The molecule has 3 amide bonds. The van der Waals surface area contributed by atoms with Gasteiger partial charge in [0.2, 0.25) is 5.91 Å². The molecule has 7 heteroatoms. The molecule has 0 atom stereocenters. The number of ether oxygens (including phenoxy) is 1. The van der Waals surface area contributed by atoms with Gasteiger partial charge in [0, 0.05) is 51.3 Å². The average Bonchev–Trinajstić information content (AvgIpc) is 2.98. The Bertz CT molecular complexity index is 568. The molecule has 0 spiro atoms. The summed E-state index contributed by atoms with van der Waals surface area (Å²) in [5.41, 5.74) is 0.889. The van der Waals surface area contributed by atoms with Crippen LogP contribution in [0.1, 0.15) is 18.4 Å². The predicted octanol–water partition coefficient (Wildman–Crippen LogP) is 2.12. The van der Waals surface area contributed by atoms with E-state index in [9.17, 15) is 9.59 Å². The highest BCUT2D eigenvalue weighted by molar-refractivity contribution is 6.31. The van der Waals surface area contributed by atoms with Crippen molar-refractivity contribution in [2.75, 3.05) is 39.9 Å². The number of methoxy groups -OCH3 is 1. The van der Waals surface area contributed by atoms with Gasteiger partial charge < -0.3 is 19.9 Å². The largest absolute Gasteiger partial charge is 0.383 e. The first-order valence-electron chi connectivity index (χ1n) is 8.14. The van der Waals surface area contributed by atoms with E-state index in [1.54, 1.807) is 16.9 Å². The summed E-state index contributed by atoms with van der Waals surface area (Å²) in [5.74, 6) is 0.163. The smallest absolute Gasteiger partial charge is 0.317 e. The van der Waals surface area contributed by atoms with Crippen molar-refractivity contribution in [1.82, 2.24) is 15.1 Å². The quantitative estimate of drug-likeness (QED) is 0.778. The van der Waals surface area contributed by atoms with Gasteiger partial charge in [-0.1, -0.05) is 29.8 Å². The molecule has 1 aliphatic heterocycles. The second-order valence-corrected chi connectivity index (χ2v) is 6.13. The molecule has 0 unspecified atom stereocenters. The molecule has 1 fully saturated rings. The van der Waals surface area contributed by atoms with Gasteiger partial charge in [-0.2, -0.15) is 0 Å². The summed E-state index contributed by atoms with van der Waals surface area (Å²) in [4.78, 5) is 27.5. The number of halogens is 1. The Hall–Kier alpha value is -1.79. The monoisotopic (exact) mass is 353 g/mol. The summed E-state index contributed by atoms with van der Waals surface area (Å²) in [6, 6.07) is 7.28. The van der Waals surface area contributed by atoms with Crippen LogP contribution in [0.15, 0.2) is 24.3 Å². The van der Waals surface area contributed by atoms with Gasteiger partial charge in [0.05, 0.1) is 6.61 Å². The number of nitrogens with zero attached hydrogens (tertiary/aromatic N) is 2. The molecule has 0 aliphatic carbocycles. The van der Waals surface area contributed by atoms with Gasteiger partial charge in [0.1, 0.15) is 0 Å². The maximum absolute atomic E-state index is 12.4. The van der Waals surface area contributed by atoms with Crippen LogP contribution in [0, 0.1) is 0 Å². The van der Waals surface area contributed by atoms with Gasteiger partial charge in [-0.25, -0.2) is 4.79 Å². The number of likely N-dealkylation sites (tertiary alicyclic amines) is 1. The molecule has 0 radical (unpaired) electrons. The van der Waals surface area contributed by atoms with Crippen molar-refractivity contribution in [3.05, 3.63) is 34.9 Å². The molecule has 0 aromatic heterocycles. The Labute approximate surface area is 147 Å². The number of urea groups is 1. The zero-order valence-electron chi connectivity index (χ0n) is 14.0. The highest BCUT2D eigenvalue weighted by atomic mass is 35.5. The van der Waals surface area contributed by atoms with Gasteiger partial charge in [-0.05, 0) is 18.1 Å². The van der Waals surface area contributed by atoms with Crippen LogP contribution in [-0.4, -0.2) is 61.6 Å². The van der Waals surface area contributed by atoms with Crippen molar-refractivity contribution in [2.24, 2.45) is 0 Å². The molecular weight excluding hydrogens is 330 g/mol. The van der Waals surface area contributed by atoms with Gasteiger partial charge in [0.25, 0.3) is 0 Å². The minimum Gasteiger partial charge on any atom is -0.383 e. The van der Waals surface area contributed by atoms with Crippen LogP contribution in [-0.2, 0) is 16.1 Å². The number of hydrogen-bond donors (Lipinski definition) is 1. The fraction of sp³-hybridized carbons (Fsp3) is 0.529. The van der Waals surface area contributed by atoms with E-state index in [2.05, 4.69) is 5.32 Å². The number of benzene rings is 1. The third kappa shape index (κ3) is 5.39. The van der Waals surface area contributed by atoms with Crippen LogP contribution in [0.2, 0.25) is 5.02 Å². The fourth-order valence-corrected chi connectivity index (χ4v) is 2.83. The molecule has 0 bridgehead atoms. The van der Waals surface area contributed by atoms with E-state index in [1.165, 1.54) is 0 Å². The fourth-order valence-electron chi connectivity index (χ4n) is 2.64. The van der Waals surface area contributed by atoms with E-state index >= 15 is 0 Å². The van der Waals surface area contributed by atoms with E-state index in [1.807, 2.05) is 24.3 Å².